The molecule has 1 aliphatic heterocycles. The number of carbonyl (C=O) groups excluding carboxylic acids is 1. The number of benzene rings is 2. The molecular weight excluding hydrogens is 446 g/mol. The summed E-state index contributed by atoms with van der Waals surface area (Å²) in [6, 6.07) is 14.5. The number of carbonyl (C=O) groups is 1. The Hall–Kier alpha value is -2.45. The van der Waals surface area contributed by atoms with Crippen LogP contribution in [0.5, 0.6) is 0 Å². The second-order valence-electron chi connectivity index (χ2n) is 8.85. The lowest BCUT2D eigenvalue weighted by molar-refractivity contribution is -0.134. The van der Waals surface area contributed by atoms with Crippen molar-refractivity contribution in [1.29, 1.82) is 0 Å². The number of nitrogens with zero attached hydrogens (tertiary/aromatic N) is 1. The highest BCUT2D eigenvalue weighted by atomic mass is 32.2. The summed E-state index contributed by atoms with van der Waals surface area (Å²) in [6.07, 6.45) is 0.526. The van der Waals surface area contributed by atoms with Gasteiger partial charge in [0.25, 0.3) is 10.0 Å². The van der Waals surface area contributed by atoms with Crippen LogP contribution in [0.4, 0.5) is 0 Å². The van der Waals surface area contributed by atoms with Gasteiger partial charge in [-0.25, -0.2) is 21.1 Å². The van der Waals surface area contributed by atoms with E-state index in [0.29, 0.717) is 0 Å². The van der Waals surface area contributed by atoms with Gasteiger partial charge in [0.2, 0.25) is 5.91 Å². The van der Waals surface area contributed by atoms with E-state index in [1.54, 1.807) is 42.5 Å². The topological polar surface area (TPSA) is 88.6 Å². The van der Waals surface area contributed by atoms with Gasteiger partial charge in [-0.05, 0) is 64.3 Å². The number of hydrogen-bond acceptors (Lipinski definition) is 5. The third-order valence-electron chi connectivity index (χ3n) is 6.92. The van der Waals surface area contributed by atoms with E-state index in [4.69, 9.17) is 0 Å². The fourth-order valence-corrected chi connectivity index (χ4v) is 8.61. The van der Waals surface area contributed by atoms with Crippen molar-refractivity contribution in [2.45, 2.75) is 54.6 Å². The van der Waals surface area contributed by atoms with Gasteiger partial charge in [0.05, 0.1) is 20.5 Å². The molecule has 0 unspecified atom stereocenters. The first-order valence-corrected chi connectivity index (χ1v) is 13.5. The summed E-state index contributed by atoms with van der Waals surface area (Å²) in [4.78, 5) is 13.8. The van der Waals surface area contributed by atoms with Crippen molar-refractivity contribution in [2.24, 2.45) is 5.92 Å². The van der Waals surface area contributed by atoms with Crippen molar-refractivity contribution < 1.29 is 21.6 Å². The lowest BCUT2D eigenvalue weighted by Gasteiger charge is -2.48. The van der Waals surface area contributed by atoms with Gasteiger partial charge in [-0.3, -0.25) is 4.79 Å². The smallest absolute Gasteiger partial charge is 0.266 e. The zero-order chi connectivity index (χ0) is 23.3. The van der Waals surface area contributed by atoms with Crippen molar-refractivity contribution in [3.8, 4) is 0 Å². The molecule has 2 aromatic carbocycles. The van der Waals surface area contributed by atoms with Crippen LogP contribution in [-0.4, -0.2) is 38.3 Å². The average molecular weight is 474 g/mol. The molecule has 0 saturated carbocycles. The average Bonchev–Trinajstić information content (AvgIpc) is 2.76. The van der Waals surface area contributed by atoms with Crippen LogP contribution in [0.2, 0.25) is 0 Å². The number of allylic oxidation sites excluding steroid dienone is 2. The lowest BCUT2D eigenvalue weighted by atomic mass is 9.72. The zero-order valence-electron chi connectivity index (χ0n) is 18.4. The number of rotatable bonds is 4. The van der Waals surface area contributed by atoms with Crippen molar-refractivity contribution >= 4 is 25.8 Å². The standard InChI is InChI=1S/C24H27NO5S2/c1-17-9-11-21(12-10-17)32(29,30)25-14-13-24(31(27,28)20-7-5-4-6-8-20)16-19(3)18(2)15-22(24)23(25)26/h4-12,22H,13-16H2,1-3H3/t22-,24+/m0/s1. The Morgan fingerprint density at radius 3 is 2.09 bits per heavy atom. The quantitative estimate of drug-likeness (QED) is 0.629. The fraction of sp³-hybridized carbons (Fsp3) is 0.375. The van der Waals surface area contributed by atoms with E-state index in [2.05, 4.69) is 0 Å². The van der Waals surface area contributed by atoms with Crippen LogP contribution >= 0.6 is 0 Å². The van der Waals surface area contributed by atoms with Crippen LogP contribution in [0.25, 0.3) is 0 Å². The van der Waals surface area contributed by atoms with Crippen LogP contribution in [0, 0.1) is 12.8 Å². The van der Waals surface area contributed by atoms with E-state index in [1.807, 2.05) is 20.8 Å². The second-order valence-corrected chi connectivity index (χ2v) is 13.0. The summed E-state index contributed by atoms with van der Waals surface area (Å²) < 4.78 is 53.8. The monoisotopic (exact) mass is 473 g/mol. The molecule has 1 amide bonds. The maximum Gasteiger partial charge on any atom is 0.266 e. The van der Waals surface area contributed by atoms with Crippen LogP contribution in [0.1, 0.15) is 38.7 Å². The Kier molecular flexibility index (Phi) is 5.57. The van der Waals surface area contributed by atoms with Crippen LogP contribution in [-0.2, 0) is 24.7 Å². The van der Waals surface area contributed by atoms with Crippen molar-refractivity contribution in [3.63, 3.8) is 0 Å². The summed E-state index contributed by atoms with van der Waals surface area (Å²) in [6.45, 7) is 5.47. The summed E-state index contributed by atoms with van der Waals surface area (Å²) >= 11 is 0. The molecule has 1 heterocycles. The van der Waals surface area contributed by atoms with E-state index < -0.39 is 36.4 Å². The predicted octanol–water partition coefficient (Wildman–Crippen LogP) is 3.88. The van der Waals surface area contributed by atoms with Gasteiger partial charge < -0.3 is 0 Å². The van der Waals surface area contributed by atoms with Gasteiger partial charge in [0.1, 0.15) is 0 Å². The van der Waals surface area contributed by atoms with Crippen molar-refractivity contribution in [1.82, 2.24) is 4.31 Å². The number of piperidine rings is 1. The molecule has 1 saturated heterocycles. The minimum absolute atomic E-state index is 0.0362. The number of fused-ring (bicyclic) bond motifs is 1. The first kappa shape index (κ1) is 22.7. The van der Waals surface area contributed by atoms with E-state index in [-0.39, 0.29) is 35.6 Å². The molecule has 32 heavy (non-hydrogen) atoms. The predicted molar refractivity (Wildman–Crippen MR) is 122 cm³/mol. The zero-order valence-corrected chi connectivity index (χ0v) is 20.0. The normalized spacial score (nSPS) is 24.4. The Morgan fingerprint density at radius 1 is 0.844 bits per heavy atom. The molecule has 1 aliphatic carbocycles. The SMILES string of the molecule is CC1=C(C)C[C@]2(S(=O)(=O)c3ccccc3)CCN(S(=O)(=O)c3ccc(C)cc3)C(=O)[C@@H]2C1. The summed E-state index contributed by atoms with van der Waals surface area (Å²) in [5, 5.41) is 0. The molecule has 0 radical (unpaired) electrons. The summed E-state index contributed by atoms with van der Waals surface area (Å²) in [5.41, 5.74) is 2.80. The number of sulfonamides is 1. The van der Waals surface area contributed by atoms with Crippen LogP contribution in [0.3, 0.4) is 0 Å². The Labute approximate surface area is 189 Å². The molecule has 8 heteroatoms. The maximum atomic E-state index is 13.9. The van der Waals surface area contributed by atoms with E-state index >= 15 is 0 Å². The third-order valence-corrected chi connectivity index (χ3v) is 11.3. The molecular formula is C24H27NO5S2. The van der Waals surface area contributed by atoms with E-state index in [9.17, 15) is 21.6 Å². The van der Waals surface area contributed by atoms with Gasteiger partial charge in [-0.1, -0.05) is 47.0 Å². The number of amides is 1. The summed E-state index contributed by atoms with van der Waals surface area (Å²) in [7, 11) is -7.96. The Morgan fingerprint density at radius 2 is 1.47 bits per heavy atom. The largest absolute Gasteiger partial charge is 0.273 e. The van der Waals surface area contributed by atoms with E-state index in [1.165, 1.54) is 12.1 Å². The number of sulfone groups is 1. The lowest BCUT2D eigenvalue weighted by Crippen LogP contribution is -2.61. The highest BCUT2D eigenvalue weighted by Gasteiger charge is 2.59. The molecule has 0 N–H and O–H groups in total. The van der Waals surface area contributed by atoms with Crippen LogP contribution < -0.4 is 0 Å². The van der Waals surface area contributed by atoms with Gasteiger partial charge >= 0.3 is 0 Å². The highest BCUT2D eigenvalue weighted by molar-refractivity contribution is 7.93. The molecule has 2 atom stereocenters. The van der Waals surface area contributed by atoms with Gasteiger partial charge in [0.15, 0.2) is 9.84 Å². The van der Waals surface area contributed by atoms with Gasteiger partial charge in [-0.2, -0.15) is 0 Å². The van der Waals surface area contributed by atoms with Gasteiger partial charge in [-0.15, -0.1) is 0 Å². The molecule has 6 nitrogen and oxygen atoms in total. The Balaban J connectivity index is 1.81. The Bertz CT molecular complexity index is 1300. The van der Waals surface area contributed by atoms with Crippen molar-refractivity contribution in [3.05, 3.63) is 71.3 Å². The minimum atomic E-state index is -4.07. The molecule has 170 valence electrons. The highest BCUT2D eigenvalue weighted by Crippen LogP contribution is 2.50. The minimum Gasteiger partial charge on any atom is -0.273 e. The van der Waals surface area contributed by atoms with Gasteiger partial charge in [0, 0.05) is 6.54 Å². The first-order chi connectivity index (χ1) is 15.0. The molecule has 0 spiro atoms. The maximum absolute atomic E-state index is 13.9. The molecule has 2 aromatic rings. The molecule has 1 fully saturated rings. The summed E-state index contributed by atoms with van der Waals surface area (Å²) in [5.74, 6) is -1.59. The first-order valence-electron chi connectivity index (χ1n) is 10.6. The number of aryl methyl sites for hydroxylation is 1. The van der Waals surface area contributed by atoms with E-state index in [0.717, 1.165) is 21.0 Å². The molecule has 0 aromatic heterocycles. The molecule has 2 aliphatic rings. The fourth-order valence-electron chi connectivity index (χ4n) is 4.87. The molecule has 0 bridgehead atoms. The molecule has 4 rings (SSSR count). The van der Waals surface area contributed by atoms with Crippen LogP contribution in [0.15, 0.2) is 75.5 Å². The number of hydrogen-bond donors (Lipinski definition) is 0. The second kappa shape index (κ2) is 7.85. The third kappa shape index (κ3) is 3.40. The van der Waals surface area contributed by atoms with Crippen molar-refractivity contribution in [2.75, 3.05) is 6.54 Å².